The van der Waals surface area contributed by atoms with Gasteiger partial charge in [-0.3, -0.25) is 0 Å². The molecule has 0 saturated carbocycles. The van der Waals surface area contributed by atoms with E-state index in [0.29, 0.717) is 12.5 Å². The molecule has 1 aliphatic heterocycles. The first-order valence-corrected chi connectivity index (χ1v) is 8.50. The van der Waals surface area contributed by atoms with Crippen LogP contribution in [0.25, 0.3) is 0 Å². The van der Waals surface area contributed by atoms with Crippen LogP contribution in [0, 0.1) is 11.3 Å². The molecular formula is C18H29N3O2. The first-order chi connectivity index (χ1) is 10.8. The monoisotopic (exact) mass is 319 g/mol. The van der Waals surface area contributed by atoms with Crippen molar-refractivity contribution in [3.63, 3.8) is 0 Å². The maximum Gasteiger partial charge on any atom is 0.404 e. The van der Waals surface area contributed by atoms with Crippen molar-refractivity contribution in [3.05, 3.63) is 23.9 Å². The van der Waals surface area contributed by atoms with Crippen LogP contribution < -0.4 is 10.2 Å². The second-order valence-electron chi connectivity index (χ2n) is 7.71. The molecule has 2 heterocycles. The van der Waals surface area contributed by atoms with E-state index < -0.39 is 6.09 Å². The lowest BCUT2D eigenvalue weighted by Gasteiger charge is -2.33. The van der Waals surface area contributed by atoms with Crippen molar-refractivity contribution in [3.8, 4) is 0 Å². The number of amides is 1. The van der Waals surface area contributed by atoms with Crippen LogP contribution in [-0.2, 0) is 6.42 Å². The Morgan fingerprint density at radius 3 is 2.57 bits per heavy atom. The fourth-order valence-electron chi connectivity index (χ4n) is 3.15. The summed E-state index contributed by atoms with van der Waals surface area (Å²) in [5.74, 6) is 1.67. The molecule has 5 nitrogen and oxygen atoms in total. The van der Waals surface area contributed by atoms with Gasteiger partial charge in [0.25, 0.3) is 0 Å². The Morgan fingerprint density at radius 1 is 1.35 bits per heavy atom. The zero-order valence-corrected chi connectivity index (χ0v) is 14.5. The number of rotatable bonds is 5. The van der Waals surface area contributed by atoms with Gasteiger partial charge in [-0.05, 0) is 48.6 Å². The molecule has 0 radical (unpaired) electrons. The quantitative estimate of drug-likeness (QED) is 0.871. The Bertz CT molecular complexity index is 500. The highest BCUT2D eigenvalue weighted by Crippen LogP contribution is 2.25. The third-order valence-electron chi connectivity index (χ3n) is 4.31. The lowest BCUT2D eigenvalue weighted by atomic mass is 9.89. The van der Waals surface area contributed by atoms with Crippen molar-refractivity contribution < 1.29 is 9.90 Å². The minimum absolute atomic E-state index is 0.283. The number of aromatic nitrogens is 1. The normalized spacial score (nSPS) is 16.4. The first-order valence-electron chi connectivity index (χ1n) is 8.50. The summed E-state index contributed by atoms with van der Waals surface area (Å²) in [6.45, 7) is 9.28. The molecule has 0 aromatic carbocycles. The maximum atomic E-state index is 10.5. The molecular weight excluding hydrogens is 290 g/mol. The number of anilines is 1. The van der Waals surface area contributed by atoms with Gasteiger partial charge in [-0.15, -0.1) is 0 Å². The van der Waals surface area contributed by atoms with Gasteiger partial charge < -0.3 is 15.3 Å². The Hall–Kier alpha value is -1.78. The number of carboxylic acid groups (broad SMARTS) is 1. The maximum absolute atomic E-state index is 10.5. The Morgan fingerprint density at radius 2 is 2.04 bits per heavy atom. The number of carbonyl (C=O) groups is 1. The van der Waals surface area contributed by atoms with E-state index in [1.807, 2.05) is 6.20 Å². The Labute approximate surface area is 139 Å². The number of nitrogens with one attached hydrogen (secondary N) is 1. The van der Waals surface area contributed by atoms with Crippen LogP contribution in [0.15, 0.2) is 18.3 Å². The van der Waals surface area contributed by atoms with Gasteiger partial charge in [-0.25, -0.2) is 9.78 Å². The van der Waals surface area contributed by atoms with E-state index in [4.69, 9.17) is 5.11 Å². The minimum Gasteiger partial charge on any atom is -0.465 e. The third-order valence-corrected chi connectivity index (χ3v) is 4.31. The lowest BCUT2D eigenvalue weighted by molar-refractivity contribution is 0.193. The second-order valence-corrected chi connectivity index (χ2v) is 7.71. The molecule has 0 unspecified atom stereocenters. The van der Waals surface area contributed by atoms with Crippen LogP contribution >= 0.6 is 0 Å². The molecule has 5 heteroatoms. The highest BCUT2D eigenvalue weighted by atomic mass is 16.4. The number of hydrogen-bond acceptors (Lipinski definition) is 3. The van der Waals surface area contributed by atoms with E-state index in [0.717, 1.165) is 44.6 Å². The van der Waals surface area contributed by atoms with Crippen LogP contribution in [0.3, 0.4) is 0 Å². The molecule has 23 heavy (non-hydrogen) atoms. The average Bonchev–Trinajstić information content (AvgIpc) is 2.47. The molecule has 1 aliphatic rings. The average molecular weight is 319 g/mol. The standard InChI is InChI=1S/C18H29N3O2/c1-18(2,3)12-15-4-5-16(20-13-15)21-10-7-14(8-11-21)6-9-19-17(22)23/h4-5,13-14,19H,6-12H2,1-3H3,(H,22,23). The second kappa shape index (κ2) is 7.66. The zero-order chi connectivity index (χ0) is 16.9. The van der Waals surface area contributed by atoms with Crippen molar-refractivity contribution in [2.24, 2.45) is 11.3 Å². The molecule has 0 bridgehead atoms. The van der Waals surface area contributed by atoms with E-state index in [9.17, 15) is 4.79 Å². The SMILES string of the molecule is CC(C)(C)Cc1ccc(N2CCC(CCNC(=O)O)CC2)nc1. The molecule has 128 valence electrons. The van der Waals surface area contributed by atoms with Crippen LogP contribution in [-0.4, -0.2) is 35.8 Å². The summed E-state index contributed by atoms with van der Waals surface area (Å²) in [7, 11) is 0. The summed E-state index contributed by atoms with van der Waals surface area (Å²) >= 11 is 0. The van der Waals surface area contributed by atoms with Crippen LogP contribution in [0.2, 0.25) is 0 Å². The van der Waals surface area contributed by atoms with Gasteiger partial charge in [0.05, 0.1) is 0 Å². The molecule has 1 amide bonds. The number of hydrogen-bond donors (Lipinski definition) is 2. The van der Waals surface area contributed by atoms with Crippen molar-refractivity contribution in [1.29, 1.82) is 0 Å². The van der Waals surface area contributed by atoms with E-state index in [1.165, 1.54) is 5.56 Å². The van der Waals surface area contributed by atoms with E-state index >= 15 is 0 Å². The van der Waals surface area contributed by atoms with E-state index in [1.54, 1.807) is 0 Å². The minimum atomic E-state index is -0.929. The van der Waals surface area contributed by atoms with Crippen LogP contribution in [0.5, 0.6) is 0 Å². The summed E-state index contributed by atoms with van der Waals surface area (Å²) < 4.78 is 0. The van der Waals surface area contributed by atoms with Crippen molar-refractivity contribution in [1.82, 2.24) is 10.3 Å². The Balaban J connectivity index is 1.79. The van der Waals surface area contributed by atoms with Crippen molar-refractivity contribution in [2.45, 2.75) is 46.5 Å². The molecule has 0 aliphatic carbocycles. The summed E-state index contributed by atoms with van der Waals surface area (Å²) in [6, 6.07) is 4.32. The topological polar surface area (TPSA) is 65.5 Å². The highest BCUT2D eigenvalue weighted by Gasteiger charge is 2.20. The smallest absolute Gasteiger partial charge is 0.404 e. The predicted molar refractivity (Wildman–Crippen MR) is 93.0 cm³/mol. The number of pyridine rings is 1. The van der Waals surface area contributed by atoms with Crippen molar-refractivity contribution in [2.75, 3.05) is 24.5 Å². The zero-order valence-electron chi connectivity index (χ0n) is 14.5. The van der Waals surface area contributed by atoms with Gasteiger partial charge in [0.15, 0.2) is 0 Å². The van der Waals surface area contributed by atoms with Crippen molar-refractivity contribution >= 4 is 11.9 Å². The third kappa shape index (κ3) is 6.08. The predicted octanol–water partition coefficient (Wildman–Crippen LogP) is 3.54. The fraction of sp³-hybridized carbons (Fsp3) is 0.667. The number of piperidine rings is 1. The molecule has 1 aromatic heterocycles. The molecule has 2 rings (SSSR count). The molecule has 0 spiro atoms. The lowest BCUT2D eigenvalue weighted by Crippen LogP contribution is -2.35. The van der Waals surface area contributed by atoms with E-state index in [-0.39, 0.29) is 5.41 Å². The van der Waals surface area contributed by atoms with Gasteiger partial charge in [-0.1, -0.05) is 26.8 Å². The van der Waals surface area contributed by atoms with Gasteiger partial charge in [0.1, 0.15) is 5.82 Å². The molecule has 1 aromatic rings. The van der Waals surface area contributed by atoms with Gasteiger partial charge in [0, 0.05) is 25.8 Å². The molecule has 1 saturated heterocycles. The highest BCUT2D eigenvalue weighted by molar-refractivity contribution is 5.64. The summed E-state index contributed by atoms with van der Waals surface area (Å²) in [4.78, 5) is 17.4. The van der Waals surface area contributed by atoms with Gasteiger partial charge >= 0.3 is 6.09 Å². The first kappa shape index (κ1) is 17.6. The summed E-state index contributed by atoms with van der Waals surface area (Å²) in [6.07, 6.45) is 5.25. The molecule has 0 atom stereocenters. The van der Waals surface area contributed by atoms with Gasteiger partial charge in [0.2, 0.25) is 0 Å². The summed E-state index contributed by atoms with van der Waals surface area (Å²) in [5.41, 5.74) is 1.57. The fourth-order valence-corrected chi connectivity index (χ4v) is 3.15. The number of nitrogens with zero attached hydrogens (tertiary/aromatic N) is 2. The van der Waals surface area contributed by atoms with Crippen LogP contribution in [0.1, 0.15) is 45.6 Å². The largest absolute Gasteiger partial charge is 0.465 e. The van der Waals surface area contributed by atoms with Gasteiger partial charge in [-0.2, -0.15) is 0 Å². The Kier molecular flexibility index (Phi) is 5.85. The molecule has 1 fully saturated rings. The van der Waals surface area contributed by atoms with E-state index in [2.05, 4.69) is 48.1 Å². The van der Waals surface area contributed by atoms with Crippen LogP contribution in [0.4, 0.5) is 10.6 Å². The summed E-state index contributed by atoms with van der Waals surface area (Å²) in [5, 5.41) is 11.1. The molecule has 2 N–H and O–H groups in total.